The van der Waals surface area contributed by atoms with Crippen LogP contribution in [0.25, 0.3) is 0 Å². The number of hydrogen-bond acceptors (Lipinski definition) is 3. The summed E-state index contributed by atoms with van der Waals surface area (Å²) in [4.78, 5) is 0. The molecule has 1 aliphatic rings. The van der Waals surface area contributed by atoms with E-state index in [1.54, 1.807) is 12.1 Å². The lowest BCUT2D eigenvalue weighted by atomic mass is 9.99. The maximum absolute atomic E-state index is 12.2. The van der Waals surface area contributed by atoms with E-state index in [1.165, 1.54) is 0 Å². The van der Waals surface area contributed by atoms with Crippen molar-refractivity contribution in [2.24, 2.45) is 0 Å². The van der Waals surface area contributed by atoms with Crippen molar-refractivity contribution in [2.45, 2.75) is 25.1 Å². The van der Waals surface area contributed by atoms with Gasteiger partial charge >= 0.3 is 5.76 Å². The lowest BCUT2D eigenvalue weighted by molar-refractivity contribution is 0.232. The smallest absolute Gasteiger partial charge is 0.350 e. The van der Waals surface area contributed by atoms with Crippen molar-refractivity contribution in [3.8, 4) is 0 Å². The van der Waals surface area contributed by atoms with Gasteiger partial charge in [-0.3, -0.25) is 0 Å². The van der Waals surface area contributed by atoms with E-state index in [0.29, 0.717) is 5.56 Å². The summed E-state index contributed by atoms with van der Waals surface area (Å²) < 4.78 is 48.3. The molecular weight excluding hydrogens is 262 g/mol. The highest BCUT2D eigenvalue weighted by molar-refractivity contribution is 7.89. The van der Waals surface area contributed by atoms with Crippen molar-refractivity contribution < 1.29 is 17.2 Å². The van der Waals surface area contributed by atoms with Crippen LogP contribution in [0.2, 0.25) is 0 Å². The number of hydrogen-bond donors (Lipinski definition) is 2. The van der Waals surface area contributed by atoms with Gasteiger partial charge < -0.3 is 5.32 Å². The summed E-state index contributed by atoms with van der Waals surface area (Å²) in [5, 5.41) is 3.17. The van der Waals surface area contributed by atoms with Crippen molar-refractivity contribution in [2.75, 3.05) is 11.9 Å². The van der Waals surface area contributed by atoms with Crippen LogP contribution in [0, 0.1) is 0 Å². The van der Waals surface area contributed by atoms with E-state index in [9.17, 15) is 17.2 Å². The first-order valence-electron chi connectivity index (χ1n) is 5.62. The topological polar surface area (TPSA) is 58.2 Å². The molecule has 0 saturated heterocycles. The third-order valence-electron chi connectivity index (χ3n) is 2.86. The molecule has 0 amide bonds. The Kier molecular flexibility index (Phi) is 3.82. The molecule has 0 aromatic heterocycles. The number of rotatable bonds is 4. The van der Waals surface area contributed by atoms with Gasteiger partial charge in [0.25, 0.3) is 10.0 Å². The minimum Gasteiger partial charge on any atom is -0.385 e. The van der Waals surface area contributed by atoms with Crippen molar-refractivity contribution in [3.63, 3.8) is 0 Å². The zero-order valence-electron chi connectivity index (χ0n) is 9.62. The van der Waals surface area contributed by atoms with E-state index < -0.39 is 15.8 Å². The minimum absolute atomic E-state index is 0.122. The van der Waals surface area contributed by atoms with Gasteiger partial charge in [-0.25, -0.2) is 13.1 Å². The number of alkyl halides is 2. The van der Waals surface area contributed by atoms with Crippen LogP contribution in [0.5, 0.6) is 0 Å². The van der Waals surface area contributed by atoms with Crippen LogP contribution in [0.15, 0.2) is 18.2 Å². The first kappa shape index (κ1) is 13.2. The summed E-state index contributed by atoms with van der Waals surface area (Å²) in [6.45, 7) is 0.689. The summed E-state index contributed by atoms with van der Waals surface area (Å²) in [5.74, 6) is -3.40. The molecule has 0 radical (unpaired) electrons. The average Bonchev–Trinajstić information content (AvgIpc) is 2.36. The number of nitrogens with one attached hydrogen (secondary N) is 2. The second-order valence-corrected chi connectivity index (χ2v) is 5.84. The normalized spacial score (nSPS) is 15.3. The van der Waals surface area contributed by atoms with Gasteiger partial charge in [0.15, 0.2) is 0 Å². The largest absolute Gasteiger partial charge is 0.385 e. The zero-order valence-corrected chi connectivity index (χ0v) is 10.4. The van der Waals surface area contributed by atoms with E-state index in [-0.39, 0.29) is 6.54 Å². The molecule has 1 heterocycles. The number of para-hydroxylation sites is 1. The van der Waals surface area contributed by atoms with E-state index in [0.717, 1.165) is 30.6 Å². The van der Waals surface area contributed by atoms with Crippen LogP contribution in [-0.2, 0) is 23.0 Å². The lowest BCUT2D eigenvalue weighted by Crippen LogP contribution is -2.29. The average molecular weight is 276 g/mol. The predicted octanol–water partition coefficient (Wildman–Crippen LogP) is 1.69. The first-order valence-corrected chi connectivity index (χ1v) is 7.16. The molecular formula is C11H14F2N2O2S. The van der Waals surface area contributed by atoms with Crippen LogP contribution >= 0.6 is 0 Å². The van der Waals surface area contributed by atoms with Gasteiger partial charge in [0.1, 0.15) is 0 Å². The highest BCUT2D eigenvalue weighted by Gasteiger charge is 2.23. The maximum Gasteiger partial charge on any atom is 0.350 e. The molecule has 2 rings (SSSR count). The van der Waals surface area contributed by atoms with Crippen LogP contribution in [0.3, 0.4) is 0 Å². The summed E-state index contributed by atoms with van der Waals surface area (Å²) in [5.41, 5.74) is 2.65. The molecule has 4 nitrogen and oxygen atoms in total. The fourth-order valence-electron chi connectivity index (χ4n) is 1.97. The first-order chi connectivity index (χ1) is 8.50. The molecule has 100 valence electrons. The van der Waals surface area contributed by atoms with Crippen LogP contribution < -0.4 is 10.0 Å². The van der Waals surface area contributed by atoms with E-state index >= 15 is 0 Å². The third kappa shape index (κ3) is 2.78. The molecule has 0 atom stereocenters. The van der Waals surface area contributed by atoms with Gasteiger partial charge in [0.2, 0.25) is 0 Å². The molecule has 0 unspecified atom stereocenters. The molecule has 18 heavy (non-hydrogen) atoms. The predicted molar refractivity (Wildman–Crippen MR) is 65.0 cm³/mol. The van der Waals surface area contributed by atoms with E-state index in [4.69, 9.17) is 0 Å². The van der Waals surface area contributed by atoms with Gasteiger partial charge in [-0.1, -0.05) is 18.2 Å². The third-order valence-corrected chi connectivity index (χ3v) is 3.88. The second-order valence-electron chi connectivity index (χ2n) is 4.11. The van der Waals surface area contributed by atoms with Gasteiger partial charge in [-0.2, -0.15) is 8.78 Å². The Labute approximate surface area is 104 Å². The SMILES string of the molecule is O=S(=O)(NCc1cccc2c1NCCC2)C(F)F. The summed E-state index contributed by atoms with van der Waals surface area (Å²) in [7, 11) is -4.53. The minimum atomic E-state index is -4.53. The quantitative estimate of drug-likeness (QED) is 0.879. The summed E-state index contributed by atoms with van der Waals surface area (Å²) in [6, 6.07) is 5.48. The Morgan fingerprint density at radius 1 is 1.39 bits per heavy atom. The van der Waals surface area contributed by atoms with E-state index in [1.807, 2.05) is 10.8 Å². The zero-order chi connectivity index (χ0) is 13.2. The molecule has 1 aromatic rings. The molecule has 7 heteroatoms. The van der Waals surface area contributed by atoms with Crippen LogP contribution in [0.4, 0.5) is 14.5 Å². The highest BCUT2D eigenvalue weighted by Crippen LogP contribution is 2.26. The number of anilines is 1. The Balaban J connectivity index is 2.16. The standard InChI is InChI=1S/C11H14F2N2O2S/c12-11(13)18(16,17)15-7-9-4-1-3-8-5-2-6-14-10(8)9/h1,3-4,11,14-15H,2,5-7H2. The molecule has 1 aromatic carbocycles. The molecule has 0 saturated carbocycles. The van der Waals surface area contributed by atoms with Crippen molar-refractivity contribution >= 4 is 15.7 Å². The Bertz CT molecular complexity index is 532. The fraction of sp³-hybridized carbons (Fsp3) is 0.455. The fourth-order valence-corrected chi connectivity index (χ4v) is 2.45. The molecule has 1 aliphatic heterocycles. The maximum atomic E-state index is 12.2. The molecule has 0 fully saturated rings. The molecule has 0 bridgehead atoms. The number of fused-ring (bicyclic) bond motifs is 1. The van der Waals surface area contributed by atoms with Crippen molar-refractivity contribution in [1.82, 2.24) is 4.72 Å². The summed E-state index contributed by atoms with van der Waals surface area (Å²) in [6.07, 6.45) is 1.93. The van der Waals surface area contributed by atoms with Gasteiger partial charge in [-0.05, 0) is 24.0 Å². The van der Waals surface area contributed by atoms with Crippen LogP contribution in [0.1, 0.15) is 17.5 Å². The number of benzene rings is 1. The monoisotopic (exact) mass is 276 g/mol. The summed E-state index contributed by atoms with van der Waals surface area (Å²) >= 11 is 0. The van der Waals surface area contributed by atoms with Crippen LogP contribution in [-0.4, -0.2) is 20.7 Å². The second kappa shape index (κ2) is 5.19. The number of aryl methyl sites for hydroxylation is 1. The number of halogens is 2. The van der Waals surface area contributed by atoms with E-state index in [2.05, 4.69) is 5.32 Å². The molecule has 0 spiro atoms. The van der Waals surface area contributed by atoms with Gasteiger partial charge in [-0.15, -0.1) is 0 Å². The number of sulfonamides is 1. The Hall–Kier alpha value is -1.21. The Morgan fingerprint density at radius 2 is 2.17 bits per heavy atom. The van der Waals surface area contributed by atoms with Gasteiger partial charge in [0, 0.05) is 18.8 Å². The van der Waals surface area contributed by atoms with Crippen molar-refractivity contribution in [1.29, 1.82) is 0 Å². The Morgan fingerprint density at radius 3 is 2.89 bits per heavy atom. The molecule has 2 N–H and O–H groups in total. The lowest BCUT2D eigenvalue weighted by Gasteiger charge is -2.21. The van der Waals surface area contributed by atoms with Gasteiger partial charge in [0.05, 0.1) is 0 Å². The molecule has 0 aliphatic carbocycles. The van der Waals surface area contributed by atoms with Crippen molar-refractivity contribution in [3.05, 3.63) is 29.3 Å². The highest BCUT2D eigenvalue weighted by atomic mass is 32.2.